The maximum absolute atomic E-state index is 5.89. The van der Waals surface area contributed by atoms with Crippen LogP contribution in [0.5, 0.6) is 5.88 Å². The number of anilines is 1. The van der Waals surface area contributed by atoms with Crippen LogP contribution in [-0.2, 0) is 12.8 Å². The predicted octanol–water partition coefficient (Wildman–Crippen LogP) is 1.44. The van der Waals surface area contributed by atoms with E-state index in [0.29, 0.717) is 11.7 Å². The maximum atomic E-state index is 5.89. The second kappa shape index (κ2) is 6.86. The van der Waals surface area contributed by atoms with E-state index in [1.54, 1.807) is 13.3 Å². The molecule has 0 radical (unpaired) electrons. The molecule has 3 N–H and O–H groups in total. The number of nitrogens with zero attached hydrogens (tertiary/aromatic N) is 2. The number of pyridine rings is 2. The Hall–Kier alpha value is -2.14. The van der Waals surface area contributed by atoms with Gasteiger partial charge in [0.15, 0.2) is 0 Å². The normalized spacial score (nSPS) is 12.1. The van der Waals surface area contributed by atoms with E-state index in [-0.39, 0.29) is 6.04 Å². The Morgan fingerprint density at radius 3 is 2.70 bits per heavy atom. The third-order valence-corrected chi connectivity index (χ3v) is 3.29. The first-order valence-electron chi connectivity index (χ1n) is 6.58. The van der Waals surface area contributed by atoms with Crippen LogP contribution in [0.15, 0.2) is 36.7 Å². The predicted molar refractivity (Wildman–Crippen MR) is 79.7 cm³/mol. The summed E-state index contributed by atoms with van der Waals surface area (Å²) >= 11 is 0. The maximum Gasteiger partial charge on any atom is 0.212 e. The summed E-state index contributed by atoms with van der Waals surface area (Å²) in [4.78, 5) is 8.34. The van der Waals surface area contributed by atoms with E-state index in [9.17, 15) is 0 Å². The van der Waals surface area contributed by atoms with Gasteiger partial charge in [-0.25, -0.2) is 9.97 Å². The molecule has 20 heavy (non-hydrogen) atoms. The number of likely N-dealkylation sites (N-methyl/N-ethyl adjacent to an activating group) is 1. The van der Waals surface area contributed by atoms with Gasteiger partial charge in [-0.05, 0) is 37.1 Å². The lowest BCUT2D eigenvalue weighted by Crippen LogP contribution is -2.30. The van der Waals surface area contributed by atoms with Crippen LogP contribution in [0, 0.1) is 0 Å². The van der Waals surface area contributed by atoms with Crippen LogP contribution in [0.4, 0.5) is 5.82 Å². The fraction of sp³-hybridized carbons (Fsp3) is 0.333. The minimum absolute atomic E-state index is 0.289. The van der Waals surface area contributed by atoms with Gasteiger partial charge in [-0.15, -0.1) is 0 Å². The SMILES string of the molecule is CNC(Cc1ccc(OC)nc1)Cc1cccnc1N. The molecule has 5 heteroatoms. The van der Waals surface area contributed by atoms with E-state index >= 15 is 0 Å². The number of ether oxygens (including phenoxy) is 1. The summed E-state index contributed by atoms with van der Waals surface area (Å²) in [5.41, 5.74) is 8.11. The molecule has 1 atom stereocenters. The van der Waals surface area contributed by atoms with Crippen molar-refractivity contribution < 1.29 is 4.74 Å². The van der Waals surface area contributed by atoms with Crippen LogP contribution in [0.25, 0.3) is 0 Å². The fourth-order valence-corrected chi connectivity index (χ4v) is 2.10. The molecular formula is C15H20N4O. The van der Waals surface area contributed by atoms with Crippen molar-refractivity contribution in [1.29, 1.82) is 0 Å². The molecule has 0 saturated heterocycles. The van der Waals surface area contributed by atoms with Gasteiger partial charge in [-0.3, -0.25) is 0 Å². The summed E-state index contributed by atoms with van der Waals surface area (Å²) in [6, 6.07) is 8.12. The van der Waals surface area contributed by atoms with Crippen LogP contribution < -0.4 is 15.8 Å². The Kier molecular flexibility index (Phi) is 4.90. The van der Waals surface area contributed by atoms with Crippen LogP contribution in [0.1, 0.15) is 11.1 Å². The summed E-state index contributed by atoms with van der Waals surface area (Å²) < 4.78 is 5.06. The van der Waals surface area contributed by atoms with Gasteiger partial charge in [0.2, 0.25) is 5.88 Å². The lowest BCUT2D eigenvalue weighted by molar-refractivity contribution is 0.397. The number of nitrogens with one attached hydrogen (secondary N) is 1. The molecule has 0 fully saturated rings. The van der Waals surface area contributed by atoms with E-state index in [1.807, 2.05) is 37.5 Å². The molecule has 0 aromatic carbocycles. The second-order valence-electron chi connectivity index (χ2n) is 4.65. The van der Waals surface area contributed by atoms with Crippen LogP contribution in [0.2, 0.25) is 0 Å². The Balaban J connectivity index is 2.03. The van der Waals surface area contributed by atoms with Crippen molar-refractivity contribution in [3.63, 3.8) is 0 Å². The number of hydrogen-bond donors (Lipinski definition) is 2. The molecule has 2 aromatic rings. The first-order valence-corrected chi connectivity index (χ1v) is 6.58. The van der Waals surface area contributed by atoms with Crippen molar-refractivity contribution in [3.05, 3.63) is 47.8 Å². The van der Waals surface area contributed by atoms with Crippen molar-refractivity contribution in [1.82, 2.24) is 15.3 Å². The van der Waals surface area contributed by atoms with Crippen LogP contribution in [0.3, 0.4) is 0 Å². The molecule has 0 saturated carbocycles. The number of rotatable bonds is 6. The lowest BCUT2D eigenvalue weighted by atomic mass is 10.0. The third kappa shape index (κ3) is 3.68. The van der Waals surface area contributed by atoms with Crippen LogP contribution in [-0.4, -0.2) is 30.2 Å². The van der Waals surface area contributed by atoms with Gasteiger partial charge in [0.05, 0.1) is 7.11 Å². The Morgan fingerprint density at radius 1 is 1.25 bits per heavy atom. The van der Waals surface area contributed by atoms with E-state index in [2.05, 4.69) is 15.3 Å². The molecule has 2 rings (SSSR count). The highest BCUT2D eigenvalue weighted by Crippen LogP contribution is 2.14. The number of hydrogen-bond acceptors (Lipinski definition) is 5. The third-order valence-electron chi connectivity index (χ3n) is 3.29. The standard InChI is InChI=1S/C15H20N4O/c1-17-13(9-12-4-3-7-18-15(12)16)8-11-5-6-14(20-2)19-10-11/h3-7,10,13,17H,8-9H2,1-2H3,(H2,16,18). The summed E-state index contributed by atoms with van der Waals surface area (Å²) in [5.74, 6) is 1.23. The zero-order valence-corrected chi connectivity index (χ0v) is 11.8. The summed E-state index contributed by atoms with van der Waals surface area (Å²) in [6.45, 7) is 0. The quantitative estimate of drug-likeness (QED) is 0.832. The molecule has 0 aliphatic rings. The average Bonchev–Trinajstić information content (AvgIpc) is 2.49. The van der Waals surface area contributed by atoms with E-state index in [0.717, 1.165) is 24.0 Å². The fourth-order valence-electron chi connectivity index (χ4n) is 2.10. The molecular weight excluding hydrogens is 252 g/mol. The number of nitrogens with two attached hydrogens (primary N) is 1. The lowest BCUT2D eigenvalue weighted by Gasteiger charge is -2.17. The highest BCUT2D eigenvalue weighted by atomic mass is 16.5. The summed E-state index contributed by atoms with van der Waals surface area (Å²) in [7, 11) is 3.57. The van der Waals surface area contributed by atoms with E-state index in [1.165, 1.54) is 0 Å². The number of nitrogen functional groups attached to an aromatic ring is 1. The molecule has 106 valence electrons. The van der Waals surface area contributed by atoms with Crippen molar-refractivity contribution in [2.75, 3.05) is 19.9 Å². The molecule has 0 aliphatic carbocycles. The van der Waals surface area contributed by atoms with Crippen molar-refractivity contribution in [2.45, 2.75) is 18.9 Å². The Morgan fingerprint density at radius 2 is 2.10 bits per heavy atom. The largest absolute Gasteiger partial charge is 0.481 e. The highest BCUT2D eigenvalue weighted by Gasteiger charge is 2.11. The zero-order chi connectivity index (χ0) is 14.4. The van der Waals surface area contributed by atoms with E-state index < -0.39 is 0 Å². The summed E-state index contributed by atoms with van der Waals surface area (Å²) in [6.07, 6.45) is 5.26. The molecule has 0 bridgehead atoms. The van der Waals surface area contributed by atoms with Gasteiger partial charge in [-0.1, -0.05) is 12.1 Å². The van der Waals surface area contributed by atoms with E-state index in [4.69, 9.17) is 10.5 Å². The Bertz CT molecular complexity index is 542. The van der Waals surface area contributed by atoms with Gasteiger partial charge in [0.25, 0.3) is 0 Å². The minimum atomic E-state index is 0.289. The monoisotopic (exact) mass is 272 g/mol. The Labute approximate surface area is 119 Å². The minimum Gasteiger partial charge on any atom is -0.481 e. The van der Waals surface area contributed by atoms with Crippen LogP contribution >= 0.6 is 0 Å². The van der Waals surface area contributed by atoms with Crippen molar-refractivity contribution >= 4 is 5.82 Å². The molecule has 0 spiro atoms. The van der Waals surface area contributed by atoms with Gasteiger partial charge >= 0.3 is 0 Å². The van der Waals surface area contributed by atoms with Gasteiger partial charge in [-0.2, -0.15) is 0 Å². The first kappa shape index (κ1) is 14.3. The topological polar surface area (TPSA) is 73.1 Å². The number of aromatic nitrogens is 2. The zero-order valence-electron chi connectivity index (χ0n) is 11.8. The summed E-state index contributed by atoms with van der Waals surface area (Å²) in [5, 5.41) is 3.31. The van der Waals surface area contributed by atoms with Gasteiger partial charge in [0.1, 0.15) is 5.82 Å². The molecule has 1 unspecified atom stereocenters. The van der Waals surface area contributed by atoms with Crippen molar-refractivity contribution in [3.8, 4) is 5.88 Å². The highest BCUT2D eigenvalue weighted by molar-refractivity contribution is 5.39. The molecule has 0 aliphatic heterocycles. The molecule has 2 aromatic heterocycles. The van der Waals surface area contributed by atoms with Gasteiger partial charge in [0, 0.05) is 24.5 Å². The van der Waals surface area contributed by atoms with Crippen molar-refractivity contribution in [2.24, 2.45) is 0 Å². The second-order valence-corrected chi connectivity index (χ2v) is 4.65. The average molecular weight is 272 g/mol. The number of methoxy groups -OCH3 is 1. The smallest absolute Gasteiger partial charge is 0.212 e. The van der Waals surface area contributed by atoms with Gasteiger partial charge < -0.3 is 15.8 Å². The molecule has 5 nitrogen and oxygen atoms in total. The first-order chi connectivity index (χ1) is 9.72. The molecule has 0 amide bonds. The molecule has 2 heterocycles.